The van der Waals surface area contributed by atoms with Gasteiger partial charge in [0.1, 0.15) is 0 Å². The number of ether oxygens (including phenoxy) is 1. The van der Waals surface area contributed by atoms with Crippen LogP contribution in [-0.4, -0.2) is 23.7 Å². The molecule has 16 heavy (non-hydrogen) atoms. The van der Waals surface area contributed by atoms with Gasteiger partial charge < -0.3 is 10.1 Å². The molecule has 0 bridgehead atoms. The van der Waals surface area contributed by atoms with Crippen LogP contribution in [0.15, 0.2) is 5.38 Å². The molecule has 1 aliphatic heterocycles. The molecule has 1 saturated heterocycles. The number of nitrogens with one attached hydrogen (secondary N) is 1. The molecule has 2 aliphatic rings. The van der Waals surface area contributed by atoms with Gasteiger partial charge in [0.05, 0.1) is 17.3 Å². The zero-order valence-corrected chi connectivity index (χ0v) is 10.5. The molecular weight excluding hydrogens is 220 g/mol. The first kappa shape index (κ1) is 10.7. The van der Waals surface area contributed by atoms with Gasteiger partial charge in [-0.2, -0.15) is 0 Å². The average molecular weight is 238 g/mol. The molecule has 0 aromatic carbocycles. The summed E-state index contributed by atoms with van der Waals surface area (Å²) in [7, 11) is 0. The van der Waals surface area contributed by atoms with Crippen molar-refractivity contribution in [3.63, 3.8) is 0 Å². The fourth-order valence-electron chi connectivity index (χ4n) is 2.03. The highest BCUT2D eigenvalue weighted by Gasteiger charge is 2.30. The van der Waals surface area contributed by atoms with Crippen LogP contribution in [0.1, 0.15) is 42.8 Å². The number of rotatable bonds is 4. The van der Waals surface area contributed by atoms with Crippen molar-refractivity contribution >= 4 is 11.3 Å². The number of hydrogen-bond donors (Lipinski definition) is 1. The molecule has 1 atom stereocenters. The largest absolute Gasteiger partial charge is 0.379 e. The Hall–Kier alpha value is -0.450. The number of nitrogens with zero attached hydrogens (tertiary/aromatic N) is 1. The highest BCUT2D eigenvalue weighted by molar-refractivity contribution is 7.09. The highest BCUT2D eigenvalue weighted by Crippen LogP contribution is 2.41. The van der Waals surface area contributed by atoms with E-state index in [1.807, 2.05) is 11.3 Å². The van der Waals surface area contributed by atoms with Crippen LogP contribution in [0.2, 0.25) is 0 Å². The maximum atomic E-state index is 5.42. The molecule has 88 valence electrons. The normalized spacial score (nSPS) is 29.8. The summed E-state index contributed by atoms with van der Waals surface area (Å²) in [6.07, 6.45) is 3.78. The Balaban J connectivity index is 1.56. The second-order valence-corrected chi connectivity index (χ2v) is 6.06. The van der Waals surface area contributed by atoms with Crippen molar-refractivity contribution in [3.05, 3.63) is 16.1 Å². The first-order valence-corrected chi connectivity index (χ1v) is 6.90. The molecule has 0 spiro atoms. The number of hydrogen-bond acceptors (Lipinski definition) is 4. The van der Waals surface area contributed by atoms with Gasteiger partial charge in [0.2, 0.25) is 0 Å². The molecule has 1 aliphatic carbocycles. The van der Waals surface area contributed by atoms with E-state index in [9.17, 15) is 0 Å². The highest BCUT2D eigenvalue weighted by atomic mass is 32.1. The minimum Gasteiger partial charge on any atom is -0.379 e. The standard InChI is InChI=1S/C12H18N2OS/c1-12(4-5-15-8-12)13-6-10-7-16-11(14-10)9-2-3-9/h7,9,13H,2-6,8H2,1H3. The van der Waals surface area contributed by atoms with E-state index in [1.54, 1.807) is 0 Å². The summed E-state index contributed by atoms with van der Waals surface area (Å²) in [5.74, 6) is 0.782. The third kappa shape index (κ3) is 2.29. The van der Waals surface area contributed by atoms with E-state index in [2.05, 4.69) is 22.6 Å². The van der Waals surface area contributed by atoms with E-state index in [-0.39, 0.29) is 5.54 Å². The van der Waals surface area contributed by atoms with Gasteiger partial charge in [-0.1, -0.05) is 0 Å². The third-order valence-electron chi connectivity index (χ3n) is 3.41. The lowest BCUT2D eigenvalue weighted by Crippen LogP contribution is -2.42. The third-order valence-corrected chi connectivity index (χ3v) is 4.47. The van der Waals surface area contributed by atoms with Crippen LogP contribution in [0.4, 0.5) is 0 Å². The smallest absolute Gasteiger partial charge is 0.0959 e. The van der Waals surface area contributed by atoms with Gasteiger partial charge >= 0.3 is 0 Å². The summed E-state index contributed by atoms with van der Waals surface area (Å²) >= 11 is 1.82. The molecule has 4 heteroatoms. The summed E-state index contributed by atoms with van der Waals surface area (Å²) in [6, 6.07) is 0. The Morgan fingerprint density at radius 2 is 2.50 bits per heavy atom. The molecule has 1 unspecified atom stereocenters. The van der Waals surface area contributed by atoms with Crippen LogP contribution in [0.25, 0.3) is 0 Å². The fraction of sp³-hybridized carbons (Fsp3) is 0.750. The van der Waals surface area contributed by atoms with Gasteiger partial charge in [-0.25, -0.2) is 4.98 Å². The summed E-state index contributed by atoms with van der Waals surface area (Å²) in [5, 5.41) is 7.10. The van der Waals surface area contributed by atoms with Gasteiger partial charge in [0.25, 0.3) is 0 Å². The Morgan fingerprint density at radius 3 is 3.19 bits per heavy atom. The van der Waals surface area contributed by atoms with Crippen LogP contribution in [-0.2, 0) is 11.3 Å². The fourth-order valence-corrected chi connectivity index (χ4v) is 3.02. The summed E-state index contributed by atoms with van der Waals surface area (Å²) in [6.45, 7) is 4.82. The van der Waals surface area contributed by atoms with Crippen molar-refractivity contribution in [1.29, 1.82) is 0 Å². The number of aromatic nitrogens is 1. The monoisotopic (exact) mass is 238 g/mol. The predicted octanol–water partition coefficient (Wildman–Crippen LogP) is 2.29. The summed E-state index contributed by atoms with van der Waals surface area (Å²) in [4.78, 5) is 4.68. The van der Waals surface area contributed by atoms with Crippen molar-refractivity contribution in [1.82, 2.24) is 10.3 Å². The molecule has 1 saturated carbocycles. The molecule has 2 fully saturated rings. The minimum atomic E-state index is 0.156. The first-order valence-electron chi connectivity index (χ1n) is 6.02. The van der Waals surface area contributed by atoms with Gasteiger partial charge in [-0.15, -0.1) is 11.3 Å². The second kappa shape index (κ2) is 4.09. The van der Waals surface area contributed by atoms with Crippen LogP contribution in [0, 0.1) is 0 Å². The lowest BCUT2D eigenvalue weighted by atomic mass is 10.0. The predicted molar refractivity (Wildman–Crippen MR) is 64.8 cm³/mol. The zero-order chi connectivity index (χ0) is 11.0. The van der Waals surface area contributed by atoms with Crippen LogP contribution in [0.5, 0.6) is 0 Å². The van der Waals surface area contributed by atoms with Crippen LogP contribution < -0.4 is 5.32 Å². The van der Waals surface area contributed by atoms with Gasteiger partial charge in [-0.05, 0) is 26.2 Å². The Bertz CT molecular complexity index is 367. The summed E-state index contributed by atoms with van der Waals surface area (Å²) in [5.41, 5.74) is 1.35. The Kier molecular flexibility index (Phi) is 2.73. The van der Waals surface area contributed by atoms with Gasteiger partial charge in [0.15, 0.2) is 0 Å². The first-order chi connectivity index (χ1) is 7.75. The molecule has 0 amide bonds. The van der Waals surface area contributed by atoms with Crippen molar-refractivity contribution in [2.75, 3.05) is 13.2 Å². The molecule has 3 rings (SSSR count). The molecule has 3 nitrogen and oxygen atoms in total. The quantitative estimate of drug-likeness (QED) is 0.874. The van der Waals surface area contributed by atoms with E-state index >= 15 is 0 Å². The molecule has 2 heterocycles. The van der Waals surface area contributed by atoms with E-state index in [4.69, 9.17) is 4.74 Å². The summed E-state index contributed by atoms with van der Waals surface area (Å²) < 4.78 is 5.42. The molecule has 1 aromatic heterocycles. The Labute approximate surface area is 100 Å². The molecule has 0 radical (unpaired) electrons. The van der Waals surface area contributed by atoms with Crippen LogP contribution >= 0.6 is 11.3 Å². The number of thiazole rings is 1. The van der Waals surface area contributed by atoms with Crippen molar-refractivity contribution < 1.29 is 4.74 Å². The second-order valence-electron chi connectivity index (χ2n) is 5.17. The van der Waals surface area contributed by atoms with Crippen LogP contribution in [0.3, 0.4) is 0 Å². The Morgan fingerprint density at radius 1 is 1.62 bits per heavy atom. The van der Waals surface area contributed by atoms with Crippen molar-refractivity contribution in [2.45, 2.75) is 44.2 Å². The van der Waals surface area contributed by atoms with E-state index in [1.165, 1.54) is 23.5 Å². The zero-order valence-electron chi connectivity index (χ0n) is 9.66. The topological polar surface area (TPSA) is 34.2 Å². The van der Waals surface area contributed by atoms with E-state index in [0.29, 0.717) is 0 Å². The molecule has 1 aromatic rings. The van der Waals surface area contributed by atoms with E-state index in [0.717, 1.165) is 32.1 Å². The molecule has 1 N–H and O–H groups in total. The van der Waals surface area contributed by atoms with Gasteiger partial charge in [0, 0.05) is 30.0 Å². The van der Waals surface area contributed by atoms with E-state index < -0.39 is 0 Å². The average Bonchev–Trinajstić information content (AvgIpc) is 2.87. The lowest BCUT2D eigenvalue weighted by molar-refractivity contribution is 0.171. The minimum absolute atomic E-state index is 0.156. The lowest BCUT2D eigenvalue weighted by Gasteiger charge is -2.22. The SMILES string of the molecule is CC1(NCc2csc(C3CC3)n2)CCOC1. The van der Waals surface area contributed by atoms with Gasteiger partial charge in [-0.3, -0.25) is 0 Å². The van der Waals surface area contributed by atoms with Crippen molar-refractivity contribution in [3.8, 4) is 0 Å². The maximum absolute atomic E-state index is 5.42. The maximum Gasteiger partial charge on any atom is 0.0959 e. The molecular formula is C12H18N2OS. The van der Waals surface area contributed by atoms with Crippen molar-refractivity contribution in [2.24, 2.45) is 0 Å².